The van der Waals surface area contributed by atoms with Crippen LogP contribution in [0.3, 0.4) is 0 Å². The van der Waals surface area contributed by atoms with Crippen LogP contribution in [0.5, 0.6) is 5.75 Å². The summed E-state index contributed by atoms with van der Waals surface area (Å²) >= 11 is 0. The summed E-state index contributed by atoms with van der Waals surface area (Å²) in [5.74, 6) is -2.47. The lowest BCUT2D eigenvalue weighted by Crippen LogP contribution is -2.05. The number of benzene rings is 1. The van der Waals surface area contributed by atoms with E-state index in [0.29, 0.717) is 6.21 Å². The van der Waals surface area contributed by atoms with Crippen molar-refractivity contribution in [2.24, 2.45) is 0 Å². The van der Waals surface area contributed by atoms with Crippen LogP contribution in [-0.2, 0) is 9.53 Å². The first kappa shape index (κ1) is 14.5. The van der Waals surface area contributed by atoms with Crippen molar-refractivity contribution < 1.29 is 27.8 Å². The van der Waals surface area contributed by atoms with E-state index in [1.807, 2.05) is 0 Å². The van der Waals surface area contributed by atoms with Gasteiger partial charge in [0.05, 0.1) is 12.7 Å². The van der Waals surface area contributed by atoms with Gasteiger partial charge in [0.1, 0.15) is 12.4 Å². The molecular formula is C12H10F2N2O3. The molecule has 0 spiro atoms. The SMILES string of the molecule is COc1c(F)ccc(F)c1C=CCOC(=O)C=[N+]=[N-]. The molecule has 0 saturated heterocycles. The third-order valence-corrected chi connectivity index (χ3v) is 2.07. The summed E-state index contributed by atoms with van der Waals surface area (Å²) < 4.78 is 36.1. The predicted molar refractivity (Wildman–Crippen MR) is 62.6 cm³/mol. The van der Waals surface area contributed by atoms with Gasteiger partial charge in [0.15, 0.2) is 11.6 Å². The van der Waals surface area contributed by atoms with Crippen LogP contribution in [0.1, 0.15) is 5.56 Å². The van der Waals surface area contributed by atoms with Gasteiger partial charge >= 0.3 is 12.2 Å². The van der Waals surface area contributed by atoms with Crippen molar-refractivity contribution in [2.45, 2.75) is 0 Å². The summed E-state index contributed by atoms with van der Waals surface area (Å²) in [7, 11) is 1.22. The fourth-order valence-corrected chi connectivity index (χ4v) is 1.29. The number of rotatable bonds is 5. The van der Waals surface area contributed by atoms with Gasteiger partial charge in [-0.05, 0) is 24.3 Å². The van der Waals surface area contributed by atoms with Gasteiger partial charge in [-0.2, -0.15) is 4.79 Å². The van der Waals surface area contributed by atoms with Crippen molar-refractivity contribution in [3.63, 3.8) is 0 Å². The maximum Gasteiger partial charge on any atom is 0.413 e. The van der Waals surface area contributed by atoms with Crippen molar-refractivity contribution in [1.82, 2.24) is 0 Å². The van der Waals surface area contributed by atoms with Gasteiger partial charge < -0.3 is 15.0 Å². The number of hydrogen-bond donors (Lipinski definition) is 0. The second-order valence-corrected chi connectivity index (χ2v) is 3.25. The van der Waals surface area contributed by atoms with Crippen molar-refractivity contribution in [1.29, 1.82) is 0 Å². The van der Waals surface area contributed by atoms with Crippen LogP contribution < -0.4 is 4.74 Å². The number of ether oxygens (including phenoxy) is 2. The van der Waals surface area contributed by atoms with Crippen LogP contribution in [-0.4, -0.2) is 30.7 Å². The molecule has 0 aliphatic carbocycles. The maximum atomic E-state index is 13.5. The summed E-state index contributed by atoms with van der Waals surface area (Å²) in [6, 6.07) is 1.91. The number of methoxy groups -OCH3 is 1. The molecule has 0 amide bonds. The Balaban J connectivity index is 2.79. The Morgan fingerprint density at radius 3 is 2.74 bits per heavy atom. The van der Waals surface area contributed by atoms with Crippen molar-refractivity contribution in [2.75, 3.05) is 13.7 Å². The van der Waals surface area contributed by atoms with Gasteiger partial charge in [0.2, 0.25) is 0 Å². The summed E-state index contributed by atoms with van der Waals surface area (Å²) in [6.45, 7) is -0.191. The first-order valence-electron chi connectivity index (χ1n) is 5.13. The van der Waals surface area contributed by atoms with E-state index in [4.69, 9.17) is 10.3 Å². The maximum absolute atomic E-state index is 13.5. The van der Waals surface area contributed by atoms with Crippen LogP contribution in [0, 0.1) is 11.6 Å². The van der Waals surface area contributed by atoms with E-state index < -0.39 is 17.6 Å². The molecule has 7 heteroatoms. The molecule has 19 heavy (non-hydrogen) atoms. The summed E-state index contributed by atoms with van der Waals surface area (Å²) in [5.41, 5.74) is 7.96. The molecule has 0 fully saturated rings. The van der Waals surface area contributed by atoms with Gasteiger partial charge in [0, 0.05) is 0 Å². The standard InChI is InChI=1S/C12H10F2N2O3/c1-18-12-8(9(13)4-5-10(12)14)3-2-6-19-11(17)7-16-15/h2-5,7H,6H2,1H3. The lowest BCUT2D eigenvalue weighted by Gasteiger charge is -2.06. The highest BCUT2D eigenvalue weighted by atomic mass is 19.1. The number of esters is 1. The average molecular weight is 268 g/mol. The van der Waals surface area contributed by atoms with Gasteiger partial charge in [0.25, 0.3) is 0 Å². The van der Waals surface area contributed by atoms with E-state index in [2.05, 4.69) is 9.53 Å². The van der Waals surface area contributed by atoms with Gasteiger partial charge in [-0.1, -0.05) is 0 Å². The molecule has 0 radical (unpaired) electrons. The Kier molecular flexibility index (Phi) is 5.37. The molecule has 0 aliphatic heterocycles. The predicted octanol–water partition coefficient (Wildman–Crippen LogP) is 1.83. The minimum atomic E-state index is -0.862. The zero-order chi connectivity index (χ0) is 14.3. The fraction of sp³-hybridized carbons (Fsp3) is 0.167. The Labute approximate surface area is 107 Å². The minimum Gasteiger partial charge on any atom is -0.493 e. The zero-order valence-electron chi connectivity index (χ0n) is 9.97. The third-order valence-electron chi connectivity index (χ3n) is 2.07. The quantitative estimate of drug-likeness (QED) is 0.354. The lowest BCUT2D eigenvalue weighted by molar-refractivity contribution is -0.137. The second kappa shape index (κ2) is 7.03. The van der Waals surface area contributed by atoms with Crippen LogP contribution in [0.15, 0.2) is 18.2 Å². The Morgan fingerprint density at radius 1 is 1.42 bits per heavy atom. The topological polar surface area (TPSA) is 71.9 Å². The Morgan fingerprint density at radius 2 is 2.11 bits per heavy atom. The van der Waals surface area contributed by atoms with Crippen LogP contribution >= 0.6 is 0 Å². The molecule has 0 N–H and O–H groups in total. The van der Waals surface area contributed by atoms with Gasteiger partial charge in [-0.15, -0.1) is 0 Å². The number of hydrogen-bond acceptors (Lipinski definition) is 3. The average Bonchev–Trinajstić information content (AvgIpc) is 2.38. The van der Waals surface area contributed by atoms with Crippen molar-refractivity contribution >= 4 is 18.3 Å². The van der Waals surface area contributed by atoms with Crippen molar-refractivity contribution in [3.8, 4) is 5.75 Å². The largest absolute Gasteiger partial charge is 0.493 e. The molecule has 0 aliphatic rings. The molecule has 0 unspecified atom stereocenters. The molecule has 0 saturated carbocycles. The molecule has 1 aromatic rings. The van der Waals surface area contributed by atoms with E-state index in [-0.39, 0.29) is 17.9 Å². The smallest absolute Gasteiger partial charge is 0.413 e. The van der Waals surface area contributed by atoms with Crippen LogP contribution in [0.25, 0.3) is 11.6 Å². The molecule has 0 heterocycles. The molecule has 0 atom stereocenters. The first-order chi connectivity index (χ1) is 9.10. The Bertz CT molecular complexity index is 552. The van der Waals surface area contributed by atoms with Crippen molar-refractivity contribution in [3.05, 3.63) is 40.9 Å². The van der Waals surface area contributed by atoms with Crippen LogP contribution in [0.4, 0.5) is 8.78 Å². The van der Waals surface area contributed by atoms with E-state index in [9.17, 15) is 13.6 Å². The molecule has 5 nitrogen and oxygen atoms in total. The van der Waals surface area contributed by atoms with E-state index in [1.54, 1.807) is 0 Å². The normalized spacial score (nSPS) is 10.1. The highest BCUT2D eigenvalue weighted by Crippen LogP contribution is 2.26. The fourth-order valence-electron chi connectivity index (χ4n) is 1.29. The highest BCUT2D eigenvalue weighted by molar-refractivity contribution is 6.20. The first-order valence-corrected chi connectivity index (χ1v) is 5.13. The van der Waals surface area contributed by atoms with Crippen LogP contribution in [0.2, 0.25) is 0 Å². The zero-order valence-corrected chi connectivity index (χ0v) is 9.97. The highest BCUT2D eigenvalue weighted by Gasteiger charge is 2.11. The van der Waals surface area contributed by atoms with Gasteiger partial charge in [-0.3, -0.25) is 0 Å². The molecule has 1 aromatic carbocycles. The van der Waals surface area contributed by atoms with Gasteiger partial charge in [-0.25, -0.2) is 13.6 Å². The molecule has 1 rings (SSSR count). The summed E-state index contributed by atoms with van der Waals surface area (Å²) in [4.78, 5) is 13.2. The number of nitrogens with zero attached hydrogens (tertiary/aromatic N) is 2. The lowest BCUT2D eigenvalue weighted by atomic mass is 10.1. The number of halogens is 2. The minimum absolute atomic E-state index is 0.0885. The molecular weight excluding hydrogens is 258 g/mol. The summed E-state index contributed by atoms with van der Waals surface area (Å²) in [6.07, 6.45) is 3.08. The van der Waals surface area contributed by atoms with E-state index in [1.165, 1.54) is 19.3 Å². The number of carbonyl (C=O) groups excluding carboxylic acids is 1. The third kappa shape index (κ3) is 4.01. The molecule has 0 bridgehead atoms. The molecule has 100 valence electrons. The van der Waals surface area contributed by atoms with E-state index in [0.717, 1.165) is 12.1 Å². The summed E-state index contributed by atoms with van der Waals surface area (Å²) in [5, 5.41) is 0. The number of carbonyl (C=O) groups is 1. The Hall–Kier alpha value is -2.53. The molecule has 0 aromatic heterocycles. The monoisotopic (exact) mass is 268 g/mol. The van der Waals surface area contributed by atoms with E-state index >= 15 is 0 Å². The second-order valence-electron chi connectivity index (χ2n) is 3.25.